The minimum atomic E-state index is -1.32. The minimum Gasteiger partial charge on any atom is -0.326 e. The van der Waals surface area contributed by atoms with Gasteiger partial charge in [-0.1, -0.05) is 34.8 Å². The second-order valence-electron chi connectivity index (χ2n) is 8.39. The molecule has 0 aliphatic heterocycles. The Morgan fingerprint density at radius 3 is 2.31 bits per heavy atom. The number of aromatic nitrogens is 1. The fraction of sp³-hybridized carbons (Fsp3) is 0.160. The van der Waals surface area contributed by atoms with Crippen LogP contribution in [-0.4, -0.2) is 21.1 Å². The van der Waals surface area contributed by atoms with Crippen molar-refractivity contribution in [3.8, 4) is 0 Å². The fourth-order valence-corrected chi connectivity index (χ4v) is 6.52. The van der Waals surface area contributed by atoms with Crippen LogP contribution in [0.3, 0.4) is 0 Å². The van der Waals surface area contributed by atoms with Gasteiger partial charge < -0.3 is 10.6 Å². The van der Waals surface area contributed by atoms with Crippen LogP contribution in [0.25, 0.3) is 10.2 Å². The molecule has 2 unspecified atom stereocenters. The van der Waals surface area contributed by atoms with Gasteiger partial charge in [0.25, 0.3) is 5.91 Å². The van der Waals surface area contributed by atoms with Gasteiger partial charge in [0.05, 0.1) is 31.7 Å². The number of hydrogen-bond acceptors (Lipinski definition) is 4. The summed E-state index contributed by atoms with van der Waals surface area (Å²) in [4.78, 5) is 30.5. The molecule has 0 saturated heterocycles. The van der Waals surface area contributed by atoms with E-state index in [-0.39, 0.29) is 10.6 Å². The Bertz CT molecular complexity index is 1520. The molecule has 2 amide bonds. The number of rotatable bonds is 5. The third-order valence-electron chi connectivity index (χ3n) is 5.81. The first-order chi connectivity index (χ1) is 17.0. The molecule has 2 N–H and O–H groups in total. The summed E-state index contributed by atoms with van der Waals surface area (Å²) in [6.45, 7) is 1.93. The van der Waals surface area contributed by atoms with Crippen molar-refractivity contribution in [2.75, 3.05) is 10.6 Å². The Morgan fingerprint density at radius 1 is 0.917 bits per heavy atom. The zero-order valence-corrected chi connectivity index (χ0v) is 23.0. The maximum Gasteiger partial charge on any atom is 0.257 e. The van der Waals surface area contributed by atoms with E-state index >= 15 is 0 Å². The third kappa shape index (κ3) is 5.03. The molecule has 0 bridgehead atoms. The average molecular weight is 600 g/mol. The van der Waals surface area contributed by atoms with E-state index < -0.39 is 28.0 Å². The smallest absolute Gasteiger partial charge is 0.257 e. The molecule has 4 aromatic rings. The number of carbonyl (C=O) groups excluding carboxylic acids is 2. The minimum absolute atomic E-state index is 0.195. The van der Waals surface area contributed by atoms with E-state index in [1.165, 1.54) is 12.1 Å². The van der Waals surface area contributed by atoms with Crippen LogP contribution in [-0.2, 0) is 4.79 Å². The summed E-state index contributed by atoms with van der Waals surface area (Å²) in [5, 5.41) is 7.63. The van der Waals surface area contributed by atoms with Gasteiger partial charge >= 0.3 is 0 Å². The fourth-order valence-electron chi connectivity index (χ4n) is 4.14. The molecule has 1 heterocycles. The Hall–Kier alpha value is -2.06. The van der Waals surface area contributed by atoms with Crippen LogP contribution >= 0.6 is 69.3 Å². The van der Waals surface area contributed by atoms with Crippen LogP contribution in [0.5, 0.6) is 0 Å². The van der Waals surface area contributed by atoms with Crippen molar-refractivity contribution < 1.29 is 9.59 Å². The van der Waals surface area contributed by atoms with Crippen molar-refractivity contribution in [1.82, 2.24) is 4.98 Å². The summed E-state index contributed by atoms with van der Waals surface area (Å²) in [6.07, 6.45) is 0. The number of hydrogen-bond donors (Lipinski definition) is 2. The van der Waals surface area contributed by atoms with Gasteiger partial charge in [-0.25, -0.2) is 4.98 Å². The second kappa shape index (κ2) is 9.67. The lowest BCUT2D eigenvalue weighted by atomic mass is 10.1. The van der Waals surface area contributed by atoms with E-state index in [9.17, 15) is 9.59 Å². The average Bonchev–Trinajstić information content (AvgIpc) is 3.18. The zero-order valence-electron chi connectivity index (χ0n) is 18.4. The van der Waals surface area contributed by atoms with Crippen LogP contribution in [0.15, 0.2) is 54.6 Å². The molecule has 11 heteroatoms. The van der Waals surface area contributed by atoms with Gasteiger partial charge in [0.2, 0.25) is 5.91 Å². The van der Waals surface area contributed by atoms with E-state index in [0.29, 0.717) is 27.0 Å². The molecule has 1 aliphatic carbocycles. The maximum absolute atomic E-state index is 13.0. The number of alkyl halides is 2. The molecule has 1 aliphatic rings. The van der Waals surface area contributed by atoms with Crippen molar-refractivity contribution in [1.29, 1.82) is 0 Å². The summed E-state index contributed by atoms with van der Waals surface area (Å²) in [5.74, 6) is -2.06. The number of aryl methyl sites for hydroxylation is 1. The molecule has 0 spiro atoms. The maximum atomic E-state index is 13.0. The zero-order chi connectivity index (χ0) is 25.8. The molecule has 5 rings (SSSR count). The van der Waals surface area contributed by atoms with Crippen LogP contribution < -0.4 is 10.6 Å². The lowest BCUT2D eigenvalue weighted by Crippen LogP contribution is -2.18. The van der Waals surface area contributed by atoms with Crippen molar-refractivity contribution in [3.63, 3.8) is 0 Å². The summed E-state index contributed by atoms with van der Waals surface area (Å²) in [5.41, 5.74) is 2.62. The van der Waals surface area contributed by atoms with E-state index in [4.69, 9.17) is 58.0 Å². The Kier molecular flexibility index (Phi) is 6.87. The summed E-state index contributed by atoms with van der Waals surface area (Å²) in [6, 6.07) is 15.1. The first kappa shape index (κ1) is 25.6. The number of benzene rings is 3. The van der Waals surface area contributed by atoms with Crippen molar-refractivity contribution in [3.05, 3.63) is 85.8 Å². The molecule has 2 atom stereocenters. The predicted molar refractivity (Wildman–Crippen MR) is 150 cm³/mol. The number of thiazole rings is 1. The highest BCUT2D eigenvalue weighted by Gasteiger charge is 2.67. The number of amides is 2. The summed E-state index contributed by atoms with van der Waals surface area (Å²) in [7, 11) is 0. The molecule has 1 aromatic heterocycles. The van der Waals surface area contributed by atoms with Gasteiger partial charge in [-0.2, -0.15) is 0 Å². The number of carbonyl (C=O) groups is 2. The van der Waals surface area contributed by atoms with E-state index in [1.54, 1.807) is 47.7 Å². The number of nitrogens with zero attached hydrogens (tertiary/aromatic N) is 1. The van der Waals surface area contributed by atoms with Crippen LogP contribution in [0.1, 0.15) is 26.8 Å². The van der Waals surface area contributed by atoms with E-state index in [1.807, 2.05) is 13.0 Å². The van der Waals surface area contributed by atoms with Gasteiger partial charge in [0.15, 0.2) is 0 Å². The standard InChI is InChI=1S/C25H16Cl5N3O2S/c1-11-31-19-10-16(3-5-20(19)36-11)32-23(34)17-9-15(2-4-18(17)28)33-24(35)22-21(25(22,29)30)12-6-13(26)8-14(27)7-12/h2-10,21-22H,1H3,(H,32,34)(H,33,35). The third-order valence-corrected chi connectivity index (χ3v) is 8.47. The predicted octanol–water partition coefficient (Wildman–Crippen LogP) is 8.34. The van der Waals surface area contributed by atoms with E-state index in [0.717, 1.165) is 15.2 Å². The van der Waals surface area contributed by atoms with E-state index in [2.05, 4.69) is 15.6 Å². The van der Waals surface area contributed by atoms with Crippen LogP contribution in [0.4, 0.5) is 11.4 Å². The highest BCUT2D eigenvalue weighted by Crippen LogP contribution is 2.65. The van der Waals surface area contributed by atoms with Crippen molar-refractivity contribution >= 4 is 103 Å². The lowest BCUT2D eigenvalue weighted by Gasteiger charge is -2.10. The molecule has 0 radical (unpaired) electrons. The Balaban J connectivity index is 1.32. The SMILES string of the molecule is Cc1nc2cc(NC(=O)c3cc(NC(=O)C4C(c5cc(Cl)cc(Cl)c5)C4(Cl)Cl)ccc3Cl)ccc2s1. The summed E-state index contributed by atoms with van der Waals surface area (Å²) >= 11 is 32.9. The number of anilines is 2. The summed E-state index contributed by atoms with van der Waals surface area (Å²) < 4.78 is -0.293. The molecular weight excluding hydrogens is 584 g/mol. The normalized spacial score (nSPS) is 18.2. The van der Waals surface area contributed by atoms with Crippen molar-refractivity contribution in [2.45, 2.75) is 17.2 Å². The molecule has 1 fully saturated rings. The van der Waals surface area contributed by atoms with Gasteiger partial charge in [0, 0.05) is 27.3 Å². The molecule has 1 saturated carbocycles. The molecule has 184 valence electrons. The highest BCUT2D eigenvalue weighted by molar-refractivity contribution is 7.18. The molecule has 5 nitrogen and oxygen atoms in total. The van der Waals surface area contributed by atoms with Gasteiger partial charge in [-0.05, 0) is 67.1 Å². The first-order valence-electron chi connectivity index (χ1n) is 10.7. The molecule has 3 aromatic carbocycles. The van der Waals surface area contributed by atoms with Gasteiger partial charge in [-0.3, -0.25) is 9.59 Å². The number of nitrogens with one attached hydrogen (secondary N) is 2. The molecule has 36 heavy (non-hydrogen) atoms. The monoisotopic (exact) mass is 597 g/mol. The highest BCUT2D eigenvalue weighted by atomic mass is 35.5. The first-order valence-corrected chi connectivity index (χ1v) is 13.4. The Morgan fingerprint density at radius 2 is 1.58 bits per heavy atom. The Labute approximate surface area is 235 Å². The molecular formula is C25H16Cl5N3O2S. The second-order valence-corrected chi connectivity index (χ2v) is 12.3. The van der Waals surface area contributed by atoms with Gasteiger partial charge in [-0.15, -0.1) is 34.5 Å². The van der Waals surface area contributed by atoms with Crippen molar-refractivity contribution in [2.24, 2.45) is 5.92 Å². The van der Waals surface area contributed by atoms with Crippen LogP contribution in [0, 0.1) is 12.8 Å². The van der Waals surface area contributed by atoms with Gasteiger partial charge in [0.1, 0.15) is 4.33 Å². The topological polar surface area (TPSA) is 71.1 Å². The largest absolute Gasteiger partial charge is 0.326 e. The van der Waals surface area contributed by atoms with Crippen LogP contribution in [0.2, 0.25) is 15.1 Å². The number of fused-ring (bicyclic) bond motifs is 1. The number of halogens is 5. The quantitative estimate of drug-likeness (QED) is 0.227. The lowest BCUT2D eigenvalue weighted by molar-refractivity contribution is -0.117.